The molecule has 0 aliphatic carbocycles. The first-order valence-electron chi connectivity index (χ1n) is 8.10. The second-order valence-corrected chi connectivity index (χ2v) is 6.93. The third-order valence-electron chi connectivity index (χ3n) is 3.85. The highest BCUT2D eigenvalue weighted by atomic mass is 32.2. The van der Waals surface area contributed by atoms with E-state index < -0.39 is 12.0 Å². The number of nitrogens with one attached hydrogen (secondary N) is 1. The van der Waals surface area contributed by atoms with Gasteiger partial charge in [-0.2, -0.15) is 13.2 Å². The zero-order chi connectivity index (χ0) is 19.9. The smallest absolute Gasteiger partial charge is 0.324 e. The number of fused-ring (bicyclic) bond motifs is 3. The summed E-state index contributed by atoms with van der Waals surface area (Å²) in [5, 5.41) is 9.96. The van der Waals surface area contributed by atoms with Gasteiger partial charge in [0.25, 0.3) is 0 Å². The lowest BCUT2D eigenvalue weighted by Crippen LogP contribution is -2.13. The van der Waals surface area contributed by atoms with Crippen LogP contribution in [0, 0.1) is 0 Å². The Bertz CT molecular complexity index is 1190. The highest BCUT2D eigenvalue weighted by Gasteiger charge is 2.38. The van der Waals surface area contributed by atoms with Crippen molar-refractivity contribution in [2.45, 2.75) is 23.0 Å². The van der Waals surface area contributed by atoms with E-state index in [4.69, 9.17) is 0 Å². The molecule has 1 amide bonds. The van der Waals surface area contributed by atoms with E-state index in [-0.39, 0.29) is 27.6 Å². The molecule has 10 heteroatoms. The largest absolute Gasteiger partial charge is 0.452 e. The van der Waals surface area contributed by atoms with Crippen LogP contribution in [-0.2, 0) is 11.0 Å². The van der Waals surface area contributed by atoms with Crippen LogP contribution in [0.1, 0.15) is 12.7 Å². The number of carbonyl (C=O) groups is 1. The Morgan fingerprint density at radius 3 is 2.50 bits per heavy atom. The number of hydrogen-bond donors (Lipinski definition) is 1. The second-order valence-electron chi connectivity index (χ2n) is 5.87. The molecule has 6 nitrogen and oxygen atoms in total. The molecule has 142 valence electrons. The van der Waals surface area contributed by atoms with Crippen molar-refractivity contribution < 1.29 is 18.0 Å². The molecule has 28 heavy (non-hydrogen) atoms. The summed E-state index contributed by atoms with van der Waals surface area (Å²) < 4.78 is 41.5. The number of nitrogens with zero attached hydrogens (tertiary/aromatic N) is 4. The van der Waals surface area contributed by atoms with Crippen molar-refractivity contribution >= 4 is 40.0 Å². The zero-order valence-electron chi connectivity index (χ0n) is 14.4. The molecule has 4 aromatic rings. The number of aromatic nitrogens is 4. The zero-order valence-corrected chi connectivity index (χ0v) is 15.2. The molecule has 4 rings (SSSR count). The summed E-state index contributed by atoms with van der Waals surface area (Å²) >= 11 is 1.17. The van der Waals surface area contributed by atoms with Crippen LogP contribution in [0.4, 0.5) is 18.9 Å². The summed E-state index contributed by atoms with van der Waals surface area (Å²) in [7, 11) is 0. The molecule has 0 saturated carbocycles. The number of alkyl halides is 3. The molecule has 0 radical (unpaired) electrons. The number of para-hydroxylation sites is 1. The van der Waals surface area contributed by atoms with Crippen molar-refractivity contribution in [3.05, 3.63) is 54.4 Å². The Hall–Kier alpha value is -3.14. The van der Waals surface area contributed by atoms with Gasteiger partial charge >= 0.3 is 6.18 Å². The molecule has 0 saturated heterocycles. The Balaban J connectivity index is 2.04. The third-order valence-corrected chi connectivity index (χ3v) is 4.82. The molecular weight excluding hydrogens is 391 g/mol. The molecule has 2 aromatic heterocycles. The summed E-state index contributed by atoms with van der Waals surface area (Å²) in [5.41, 5.74) is 0.669. The van der Waals surface area contributed by atoms with Crippen LogP contribution in [0.3, 0.4) is 0 Å². The van der Waals surface area contributed by atoms with Gasteiger partial charge in [-0.1, -0.05) is 36.0 Å². The SMILES string of the molecule is CC(=O)Nc1cccc2c1nc(Sc1ccccc1)c1nnc(C(F)(F)F)n12. The van der Waals surface area contributed by atoms with Gasteiger partial charge in [0.05, 0.1) is 11.2 Å². The normalized spacial score (nSPS) is 11.9. The van der Waals surface area contributed by atoms with E-state index in [1.165, 1.54) is 24.8 Å². The van der Waals surface area contributed by atoms with Crippen molar-refractivity contribution in [3.63, 3.8) is 0 Å². The Kier molecular flexibility index (Phi) is 4.42. The van der Waals surface area contributed by atoms with Crippen LogP contribution < -0.4 is 5.32 Å². The highest BCUT2D eigenvalue weighted by Crippen LogP contribution is 2.36. The van der Waals surface area contributed by atoms with E-state index in [9.17, 15) is 18.0 Å². The van der Waals surface area contributed by atoms with Crippen LogP contribution >= 0.6 is 11.8 Å². The Morgan fingerprint density at radius 2 is 1.82 bits per heavy atom. The first-order chi connectivity index (χ1) is 13.3. The summed E-state index contributed by atoms with van der Waals surface area (Å²) in [6, 6.07) is 13.7. The summed E-state index contributed by atoms with van der Waals surface area (Å²) in [4.78, 5) is 16.8. The Labute approximate surface area is 160 Å². The van der Waals surface area contributed by atoms with Crippen molar-refractivity contribution in [2.24, 2.45) is 0 Å². The number of amides is 1. The van der Waals surface area contributed by atoms with Gasteiger partial charge in [-0.25, -0.2) is 4.98 Å². The van der Waals surface area contributed by atoms with Gasteiger partial charge in [0.1, 0.15) is 10.5 Å². The van der Waals surface area contributed by atoms with Crippen molar-refractivity contribution in [1.29, 1.82) is 0 Å². The number of carbonyl (C=O) groups excluding carboxylic acids is 1. The number of benzene rings is 2. The fraction of sp³-hybridized carbons (Fsp3) is 0.111. The molecule has 0 fully saturated rings. The molecule has 0 unspecified atom stereocenters. The predicted molar refractivity (Wildman–Crippen MR) is 98.2 cm³/mol. The van der Waals surface area contributed by atoms with Gasteiger partial charge in [0, 0.05) is 11.8 Å². The van der Waals surface area contributed by atoms with E-state index >= 15 is 0 Å². The maximum atomic E-state index is 13.5. The molecule has 2 heterocycles. The summed E-state index contributed by atoms with van der Waals surface area (Å²) in [6.45, 7) is 1.32. The minimum atomic E-state index is -4.70. The van der Waals surface area contributed by atoms with Gasteiger partial charge in [-0.05, 0) is 24.3 Å². The monoisotopic (exact) mass is 403 g/mol. The molecule has 0 bridgehead atoms. The Morgan fingerprint density at radius 1 is 1.07 bits per heavy atom. The van der Waals surface area contributed by atoms with Crippen LogP contribution in [0.5, 0.6) is 0 Å². The van der Waals surface area contributed by atoms with E-state index in [0.29, 0.717) is 5.69 Å². The molecule has 0 aliphatic rings. The van der Waals surface area contributed by atoms with E-state index in [1.807, 2.05) is 30.3 Å². The lowest BCUT2D eigenvalue weighted by atomic mass is 10.2. The van der Waals surface area contributed by atoms with Gasteiger partial charge < -0.3 is 5.32 Å². The van der Waals surface area contributed by atoms with Crippen LogP contribution in [-0.4, -0.2) is 25.5 Å². The second kappa shape index (κ2) is 6.79. The lowest BCUT2D eigenvalue weighted by Gasteiger charge is -2.12. The fourth-order valence-corrected chi connectivity index (χ4v) is 3.65. The average Bonchev–Trinajstić information content (AvgIpc) is 3.09. The van der Waals surface area contributed by atoms with Gasteiger partial charge in [-0.15, -0.1) is 10.2 Å². The molecule has 1 N–H and O–H groups in total. The number of halogens is 3. The molecule has 0 aliphatic heterocycles. The first-order valence-corrected chi connectivity index (χ1v) is 8.92. The molecule has 0 spiro atoms. The van der Waals surface area contributed by atoms with Crippen LogP contribution in [0.2, 0.25) is 0 Å². The fourth-order valence-electron chi connectivity index (χ4n) is 2.77. The standard InChI is InChI=1S/C18H12F3N5OS/c1-10(27)22-12-8-5-9-13-14(12)23-16(28-11-6-3-2-4-7-11)15-24-25-17(26(13)15)18(19,20)21/h2-9H,1H3,(H,22,27). The molecule has 2 aromatic carbocycles. The van der Waals surface area contributed by atoms with E-state index in [0.717, 1.165) is 9.30 Å². The number of hydrogen-bond acceptors (Lipinski definition) is 5. The number of rotatable bonds is 3. The summed E-state index contributed by atoms with van der Waals surface area (Å²) in [6.07, 6.45) is -4.70. The lowest BCUT2D eigenvalue weighted by molar-refractivity contribution is -0.145. The molecular formula is C18H12F3N5OS. The van der Waals surface area contributed by atoms with Gasteiger partial charge in [0.2, 0.25) is 11.7 Å². The van der Waals surface area contributed by atoms with Gasteiger partial charge in [0.15, 0.2) is 5.65 Å². The van der Waals surface area contributed by atoms with Crippen molar-refractivity contribution in [2.75, 3.05) is 5.32 Å². The van der Waals surface area contributed by atoms with E-state index in [1.54, 1.807) is 12.1 Å². The minimum Gasteiger partial charge on any atom is -0.324 e. The van der Waals surface area contributed by atoms with Crippen molar-refractivity contribution in [3.8, 4) is 0 Å². The maximum Gasteiger partial charge on any atom is 0.452 e. The minimum absolute atomic E-state index is 0.00588. The molecule has 0 atom stereocenters. The van der Waals surface area contributed by atoms with Gasteiger partial charge in [-0.3, -0.25) is 9.20 Å². The van der Waals surface area contributed by atoms with E-state index in [2.05, 4.69) is 20.5 Å². The van der Waals surface area contributed by atoms with Crippen LogP contribution in [0.25, 0.3) is 16.7 Å². The van der Waals surface area contributed by atoms with Crippen molar-refractivity contribution in [1.82, 2.24) is 19.6 Å². The first kappa shape index (κ1) is 18.2. The average molecular weight is 403 g/mol. The summed E-state index contributed by atoms with van der Waals surface area (Å²) in [5.74, 6) is -1.50. The highest BCUT2D eigenvalue weighted by molar-refractivity contribution is 7.99. The quantitative estimate of drug-likeness (QED) is 0.549. The maximum absolute atomic E-state index is 13.5. The van der Waals surface area contributed by atoms with Crippen LogP contribution in [0.15, 0.2) is 58.5 Å². The number of anilines is 1. The third kappa shape index (κ3) is 3.26. The topological polar surface area (TPSA) is 72.2 Å². The predicted octanol–water partition coefficient (Wildman–Crippen LogP) is 4.41.